The lowest BCUT2D eigenvalue weighted by atomic mass is 10.1. The third-order valence-electron chi connectivity index (χ3n) is 3.35. The number of amides is 1. The van der Waals surface area contributed by atoms with E-state index in [4.69, 9.17) is 14.3 Å². The molecule has 2 aromatic rings. The summed E-state index contributed by atoms with van der Waals surface area (Å²) in [6.45, 7) is 5.47. The van der Waals surface area contributed by atoms with E-state index in [0.717, 1.165) is 11.1 Å². The molecule has 1 aromatic carbocycles. The third-order valence-corrected chi connectivity index (χ3v) is 3.35. The van der Waals surface area contributed by atoms with Gasteiger partial charge in [0.15, 0.2) is 6.61 Å². The van der Waals surface area contributed by atoms with E-state index < -0.39 is 5.97 Å². The maximum absolute atomic E-state index is 11.8. The van der Waals surface area contributed by atoms with E-state index in [9.17, 15) is 9.59 Å². The molecular weight excluding hydrogens is 298 g/mol. The fraction of sp³-hybridized carbons (Fsp3) is 0.294. The third kappa shape index (κ3) is 4.35. The summed E-state index contributed by atoms with van der Waals surface area (Å²) in [4.78, 5) is 22.7. The average molecular weight is 317 g/mol. The summed E-state index contributed by atoms with van der Waals surface area (Å²) in [5, 5.41) is 11.6. The van der Waals surface area contributed by atoms with Crippen molar-refractivity contribution in [2.75, 3.05) is 6.61 Å². The van der Waals surface area contributed by atoms with Crippen LogP contribution in [0.5, 0.6) is 5.75 Å². The van der Waals surface area contributed by atoms with Gasteiger partial charge in [-0.1, -0.05) is 17.7 Å². The summed E-state index contributed by atoms with van der Waals surface area (Å²) in [5.74, 6) is -0.00119. The standard InChI is InChI=1S/C17H19NO5/c1-10-4-5-15(11(2)6-10)22-9-16(19)18-8-13-7-14(17(20)21)12(3)23-13/h4-7H,8-9H2,1-3H3,(H,18,19)(H,20,21). The molecule has 0 unspecified atom stereocenters. The number of carboxylic acid groups (broad SMARTS) is 1. The van der Waals surface area contributed by atoms with E-state index in [-0.39, 0.29) is 24.6 Å². The van der Waals surface area contributed by atoms with Crippen molar-refractivity contribution in [3.8, 4) is 5.75 Å². The summed E-state index contributed by atoms with van der Waals surface area (Å²) >= 11 is 0. The lowest BCUT2D eigenvalue weighted by molar-refractivity contribution is -0.123. The highest BCUT2D eigenvalue weighted by atomic mass is 16.5. The van der Waals surface area contributed by atoms with Crippen molar-refractivity contribution in [1.29, 1.82) is 0 Å². The van der Waals surface area contributed by atoms with E-state index in [1.807, 2.05) is 32.0 Å². The highest BCUT2D eigenvalue weighted by molar-refractivity contribution is 5.88. The van der Waals surface area contributed by atoms with E-state index in [0.29, 0.717) is 17.3 Å². The molecule has 0 spiro atoms. The van der Waals surface area contributed by atoms with Crippen molar-refractivity contribution in [3.05, 3.63) is 52.5 Å². The summed E-state index contributed by atoms with van der Waals surface area (Å²) in [6.07, 6.45) is 0. The first-order valence-corrected chi connectivity index (χ1v) is 7.16. The lowest BCUT2D eigenvalue weighted by Gasteiger charge is -2.09. The minimum Gasteiger partial charge on any atom is -0.484 e. The molecule has 0 radical (unpaired) electrons. The van der Waals surface area contributed by atoms with Crippen molar-refractivity contribution in [3.63, 3.8) is 0 Å². The van der Waals surface area contributed by atoms with Crippen molar-refractivity contribution >= 4 is 11.9 Å². The number of carboxylic acids is 1. The van der Waals surface area contributed by atoms with E-state index >= 15 is 0 Å². The minimum absolute atomic E-state index is 0.0979. The van der Waals surface area contributed by atoms with Crippen molar-refractivity contribution < 1.29 is 23.8 Å². The van der Waals surface area contributed by atoms with Crippen LogP contribution in [0, 0.1) is 20.8 Å². The number of rotatable bonds is 6. The first kappa shape index (κ1) is 16.6. The Balaban J connectivity index is 1.85. The number of carbonyl (C=O) groups excluding carboxylic acids is 1. The molecule has 0 aliphatic heterocycles. The molecule has 1 heterocycles. The van der Waals surface area contributed by atoms with Gasteiger partial charge in [-0.15, -0.1) is 0 Å². The maximum Gasteiger partial charge on any atom is 0.339 e. The Hall–Kier alpha value is -2.76. The number of aromatic carboxylic acids is 1. The first-order chi connectivity index (χ1) is 10.9. The highest BCUT2D eigenvalue weighted by Gasteiger charge is 2.14. The largest absolute Gasteiger partial charge is 0.484 e. The monoisotopic (exact) mass is 317 g/mol. The van der Waals surface area contributed by atoms with Crippen LogP contribution in [0.3, 0.4) is 0 Å². The normalized spacial score (nSPS) is 10.4. The Labute approximate surface area is 134 Å². The van der Waals surface area contributed by atoms with Crippen LogP contribution in [0.2, 0.25) is 0 Å². The average Bonchev–Trinajstić information content (AvgIpc) is 2.85. The van der Waals surface area contributed by atoms with Crippen LogP contribution in [-0.4, -0.2) is 23.6 Å². The van der Waals surface area contributed by atoms with Gasteiger partial charge >= 0.3 is 5.97 Å². The van der Waals surface area contributed by atoms with Crippen molar-refractivity contribution in [1.82, 2.24) is 5.32 Å². The zero-order valence-corrected chi connectivity index (χ0v) is 13.3. The molecule has 0 bridgehead atoms. The molecule has 0 aliphatic carbocycles. The predicted molar refractivity (Wildman–Crippen MR) is 83.7 cm³/mol. The van der Waals surface area contributed by atoms with Gasteiger partial charge in [0.1, 0.15) is 22.8 Å². The molecule has 1 amide bonds. The molecule has 1 aromatic heterocycles. The van der Waals surface area contributed by atoms with Crippen LogP contribution < -0.4 is 10.1 Å². The summed E-state index contributed by atoms with van der Waals surface area (Å²) in [6, 6.07) is 7.13. The second-order valence-corrected chi connectivity index (χ2v) is 5.32. The molecule has 0 atom stereocenters. The zero-order chi connectivity index (χ0) is 17.0. The molecule has 2 N–H and O–H groups in total. The molecular formula is C17H19NO5. The summed E-state index contributed by atoms with van der Waals surface area (Å²) in [7, 11) is 0. The van der Waals surface area contributed by atoms with Gasteiger partial charge in [-0.3, -0.25) is 4.79 Å². The van der Waals surface area contributed by atoms with Gasteiger partial charge in [0.2, 0.25) is 0 Å². The Morgan fingerprint density at radius 3 is 2.57 bits per heavy atom. The molecule has 0 saturated carbocycles. The van der Waals surface area contributed by atoms with Crippen LogP contribution in [0.15, 0.2) is 28.7 Å². The van der Waals surface area contributed by atoms with E-state index in [1.165, 1.54) is 6.07 Å². The fourth-order valence-corrected chi connectivity index (χ4v) is 2.18. The second-order valence-electron chi connectivity index (χ2n) is 5.32. The van der Waals surface area contributed by atoms with Crippen LogP contribution in [0.4, 0.5) is 0 Å². The van der Waals surface area contributed by atoms with Crippen LogP contribution in [-0.2, 0) is 11.3 Å². The number of nitrogens with one attached hydrogen (secondary N) is 1. The van der Waals surface area contributed by atoms with E-state index in [2.05, 4.69) is 5.32 Å². The predicted octanol–water partition coefficient (Wildman–Crippen LogP) is 2.60. The van der Waals surface area contributed by atoms with Crippen molar-refractivity contribution in [2.45, 2.75) is 27.3 Å². The lowest BCUT2D eigenvalue weighted by Crippen LogP contribution is -2.28. The van der Waals surface area contributed by atoms with Gasteiger partial charge < -0.3 is 19.6 Å². The second kappa shape index (κ2) is 7.00. The van der Waals surface area contributed by atoms with Crippen LogP contribution >= 0.6 is 0 Å². The topological polar surface area (TPSA) is 88.8 Å². The number of hydrogen-bond acceptors (Lipinski definition) is 4. The highest BCUT2D eigenvalue weighted by Crippen LogP contribution is 2.18. The van der Waals surface area contributed by atoms with Crippen molar-refractivity contribution in [2.24, 2.45) is 0 Å². The maximum atomic E-state index is 11.8. The quantitative estimate of drug-likeness (QED) is 0.855. The van der Waals surface area contributed by atoms with Crippen LogP contribution in [0.25, 0.3) is 0 Å². The Kier molecular flexibility index (Phi) is 5.05. The van der Waals surface area contributed by atoms with Crippen LogP contribution in [0.1, 0.15) is 33.0 Å². The van der Waals surface area contributed by atoms with Gasteiger partial charge in [0.25, 0.3) is 5.91 Å². The van der Waals surface area contributed by atoms with Gasteiger partial charge in [-0.25, -0.2) is 4.79 Å². The minimum atomic E-state index is -1.05. The summed E-state index contributed by atoms with van der Waals surface area (Å²) < 4.78 is 10.8. The SMILES string of the molecule is Cc1ccc(OCC(=O)NCc2cc(C(=O)O)c(C)o2)c(C)c1. The number of hydrogen-bond donors (Lipinski definition) is 2. The molecule has 0 saturated heterocycles. The molecule has 6 nitrogen and oxygen atoms in total. The van der Waals surface area contributed by atoms with Gasteiger partial charge in [-0.2, -0.15) is 0 Å². The van der Waals surface area contributed by atoms with Gasteiger partial charge in [0, 0.05) is 0 Å². The summed E-state index contributed by atoms with van der Waals surface area (Å²) in [5.41, 5.74) is 2.19. The molecule has 2 rings (SSSR count). The molecule has 0 fully saturated rings. The Morgan fingerprint density at radius 1 is 1.22 bits per heavy atom. The number of ether oxygens (including phenoxy) is 1. The number of furan rings is 1. The molecule has 6 heteroatoms. The van der Waals surface area contributed by atoms with Gasteiger partial charge in [0.05, 0.1) is 6.54 Å². The first-order valence-electron chi connectivity index (χ1n) is 7.16. The fourth-order valence-electron chi connectivity index (χ4n) is 2.18. The Bertz CT molecular complexity index is 733. The smallest absolute Gasteiger partial charge is 0.339 e. The number of aryl methyl sites for hydroxylation is 3. The molecule has 0 aliphatic rings. The Morgan fingerprint density at radius 2 is 1.96 bits per heavy atom. The number of benzene rings is 1. The number of carbonyl (C=O) groups is 2. The van der Waals surface area contributed by atoms with Gasteiger partial charge in [-0.05, 0) is 38.5 Å². The zero-order valence-electron chi connectivity index (χ0n) is 13.3. The molecule has 122 valence electrons. The van der Waals surface area contributed by atoms with E-state index in [1.54, 1.807) is 6.92 Å². The molecule has 23 heavy (non-hydrogen) atoms.